The van der Waals surface area contributed by atoms with Crippen LogP contribution < -0.4 is 5.32 Å². The molecule has 26 heavy (non-hydrogen) atoms. The van der Waals surface area contributed by atoms with Gasteiger partial charge in [-0.05, 0) is 26.2 Å². The summed E-state index contributed by atoms with van der Waals surface area (Å²) in [6.45, 7) is 5.84. The van der Waals surface area contributed by atoms with Crippen molar-refractivity contribution in [1.29, 1.82) is 0 Å². The lowest BCUT2D eigenvalue weighted by molar-refractivity contribution is -0.148. The Bertz CT molecular complexity index is 583. The van der Waals surface area contributed by atoms with Crippen molar-refractivity contribution in [2.75, 3.05) is 26.2 Å². The van der Waals surface area contributed by atoms with Crippen LogP contribution in [0.15, 0.2) is 12.7 Å². The van der Waals surface area contributed by atoms with Crippen molar-refractivity contribution in [2.45, 2.75) is 51.0 Å². The molecule has 1 spiro atoms. The first kappa shape index (κ1) is 19.9. The standard InChI is InChI=1S/C18H27N3O5/c1-3-11-20(13-15(23)26-4-2)14(22)8-7-12-21-16(24)18(19-17(21)25)9-5-6-10-18/h3H,1,4-13H2,2H3,(H,19,25). The maximum atomic E-state index is 12.5. The first-order valence-electron chi connectivity index (χ1n) is 9.12. The van der Waals surface area contributed by atoms with E-state index < -0.39 is 11.5 Å². The summed E-state index contributed by atoms with van der Waals surface area (Å²) < 4.78 is 4.86. The molecule has 144 valence electrons. The van der Waals surface area contributed by atoms with Gasteiger partial charge in [0.1, 0.15) is 12.1 Å². The number of urea groups is 1. The lowest BCUT2D eigenvalue weighted by atomic mass is 9.98. The topological polar surface area (TPSA) is 96.0 Å². The summed E-state index contributed by atoms with van der Waals surface area (Å²) in [6, 6.07) is -0.376. The molecule has 8 nitrogen and oxygen atoms in total. The smallest absolute Gasteiger partial charge is 0.325 e. The van der Waals surface area contributed by atoms with Crippen LogP contribution in [0, 0.1) is 0 Å². The fourth-order valence-electron chi connectivity index (χ4n) is 3.52. The van der Waals surface area contributed by atoms with Crippen molar-refractivity contribution in [3.05, 3.63) is 12.7 Å². The fourth-order valence-corrected chi connectivity index (χ4v) is 3.52. The second-order valence-corrected chi connectivity index (χ2v) is 6.65. The molecule has 0 aromatic carbocycles. The Hall–Kier alpha value is -2.38. The largest absolute Gasteiger partial charge is 0.465 e. The Morgan fingerprint density at radius 3 is 2.65 bits per heavy atom. The van der Waals surface area contributed by atoms with Gasteiger partial charge in [0.15, 0.2) is 0 Å². The van der Waals surface area contributed by atoms with Gasteiger partial charge >= 0.3 is 12.0 Å². The van der Waals surface area contributed by atoms with Crippen LogP contribution in [-0.4, -0.2) is 65.4 Å². The van der Waals surface area contributed by atoms with Crippen molar-refractivity contribution >= 4 is 23.8 Å². The maximum absolute atomic E-state index is 12.5. The van der Waals surface area contributed by atoms with Gasteiger partial charge in [0.25, 0.3) is 5.91 Å². The number of carbonyl (C=O) groups excluding carboxylic acids is 4. The molecule has 2 fully saturated rings. The van der Waals surface area contributed by atoms with E-state index in [2.05, 4.69) is 11.9 Å². The molecule has 8 heteroatoms. The zero-order valence-electron chi connectivity index (χ0n) is 15.3. The number of hydrogen-bond donors (Lipinski definition) is 1. The third-order valence-electron chi connectivity index (χ3n) is 4.80. The molecule has 1 N–H and O–H groups in total. The zero-order chi connectivity index (χ0) is 19.2. The molecule has 1 aliphatic heterocycles. The molecule has 1 heterocycles. The Morgan fingerprint density at radius 1 is 1.35 bits per heavy atom. The average Bonchev–Trinajstić information content (AvgIpc) is 3.15. The monoisotopic (exact) mass is 365 g/mol. The molecule has 1 aliphatic carbocycles. The Balaban J connectivity index is 1.84. The summed E-state index contributed by atoms with van der Waals surface area (Å²) in [6.07, 6.45) is 5.25. The van der Waals surface area contributed by atoms with Crippen molar-refractivity contribution in [1.82, 2.24) is 15.1 Å². The third kappa shape index (κ3) is 4.42. The third-order valence-corrected chi connectivity index (χ3v) is 4.80. The Morgan fingerprint density at radius 2 is 2.04 bits per heavy atom. The maximum Gasteiger partial charge on any atom is 0.325 e. The number of nitrogens with zero attached hydrogens (tertiary/aromatic N) is 2. The molecule has 0 aromatic heterocycles. The van der Waals surface area contributed by atoms with Crippen LogP contribution >= 0.6 is 0 Å². The number of esters is 1. The van der Waals surface area contributed by atoms with Crippen LogP contribution in [0.3, 0.4) is 0 Å². The summed E-state index contributed by atoms with van der Waals surface area (Å²) in [4.78, 5) is 51.1. The minimum Gasteiger partial charge on any atom is -0.465 e. The second kappa shape index (κ2) is 8.82. The highest BCUT2D eigenvalue weighted by Crippen LogP contribution is 2.35. The highest BCUT2D eigenvalue weighted by atomic mass is 16.5. The van der Waals surface area contributed by atoms with E-state index in [0.717, 1.165) is 12.8 Å². The highest BCUT2D eigenvalue weighted by molar-refractivity contribution is 6.07. The van der Waals surface area contributed by atoms with Crippen LogP contribution in [0.1, 0.15) is 45.4 Å². The van der Waals surface area contributed by atoms with Crippen molar-refractivity contribution in [3.63, 3.8) is 0 Å². The normalized spacial score (nSPS) is 18.1. The van der Waals surface area contributed by atoms with E-state index in [1.807, 2.05) is 0 Å². The summed E-state index contributed by atoms with van der Waals surface area (Å²) in [5.74, 6) is -0.887. The van der Waals surface area contributed by atoms with Crippen molar-refractivity contribution in [3.8, 4) is 0 Å². The fraction of sp³-hybridized carbons (Fsp3) is 0.667. The SMILES string of the molecule is C=CCN(CC(=O)OCC)C(=O)CCCN1C(=O)NC2(CCCC2)C1=O. The summed E-state index contributed by atoms with van der Waals surface area (Å²) in [5.41, 5.74) is -0.722. The van der Waals surface area contributed by atoms with Gasteiger partial charge in [-0.2, -0.15) is 0 Å². The number of hydrogen-bond acceptors (Lipinski definition) is 5. The lowest BCUT2D eigenvalue weighted by Gasteiger charge is -2.21. The second-order valence-electron chi connectivity index (χ2n) is 6.65. The van der Waals surface area contributed by atoms with E-state index in [1.54, 1.807) is 13.0 Å². The van der Waals surface area contributed by atoms with Crippen LogP contribution in [0.5, 0.6) is 0 Å². The number of carbonyl (C=O) groups is 4. The molecule has 0 bridgehead atoms. The molecular weight excluding hydrogens is 338 g/mol. The quantitative estimate of drug-likeness (QED) is 0.376. The van der Waals surface area contributed by atoms with Gasteiger partial charge < -0.3 is 15.0 Å². The van der Waals surface area contributed by atoms with Gasteiger partial charge in [-0.25, -0.2) is 4.79 Å². The van der Waals surface area contributed by atoms with Gasteiger partial charge in [-0.15, -0.1) is 6.58 Å². The van der Waals surface area contributed by atoms with E-state index in [-0.39, 0.29) is 50.5 Å². The van der Waals surface area contributed by atoms with Crippen molar-refractivity contribution < 1.29 is 23.9 Å². The number of ether oxygens (including phenoxy) is 1. The van der Waals surface area contributed by atoms with Gasteiger partial charge in [-0.3, -0.25) is 19.3 Å². The first-order valence-corrected chi connectivity index (χ1v) is 9.12. The zero-order valence-corrected chi connectivity index (χ0v) is 15.3. The molecule has 0 aromatic rings. The van der Waals surface area contributed by atoms with Crippen molar-refractivity contribution in [2.24, 2.45) is 0 Å². The lowest BCUT2D eigenvalue weighted by Crippen LogP contribution is -2.44. The molecule has 2 aliphatic rings. The predicted molar refractivity (Wildman–Crippen MR) is 94.1 cm³/mol. The van der Waals surface area contributed by atoms with Crippen LogP contribution in [0.4, 0.5) is 4.79 Å². The molecular formula is C18H27N3O5. The number of amides is 4. The van der Waals surface area contributed by atoms with E-state index in [0.29, 0.717) is 19.3 Å². The van der Waals surface area contributed by atoms with Gasteiger partial charge in [0.2, 0.25) is 5.91 Å². The molecule has 1 saturated carbocycles. The Labute approximate surface area is 153 Å². The predicted octanol–water partition coefficient (Wildman–Crippen LogP) is 1.21. The van der Waals surface area contributed by atoms with Gasteiger partial charge in [0, 0.05) is 19.5 Å². The number of imide groups is 1. The highest BCUT2D eigenvalue weighted by Gasteiger charge is 2.52. The van der Waals surface area contributed by atoms with E-state index in [9.17, 15) is 19.2 Å². The first-order chi connectivity index (χ1) is 12.4. The van der Waals surface area contributed by atoms with E-state index in [4.69, 9.17) is 4.74 Å². The average molecular weight is 365 g/mol. The number of rotatable bonds is 9. The summed E-state index contributed by atoms with van der Waals surface area (Å²) in [7, 11) is 0. The summed E-state index contributed by atoms with van der Waals surface area (Å²) in [5, 5.41) is 2.82. The molecule has 1 saturated heterocycles. The molecule has 0 radical (unpaired) electrons. The number of nitrogens with one attached hydrogen (secondary N) is 1. The van der Waals surface area contributed by atoms with Gasteiger partial charge in [0.05, 0.1) is 6.61 Å². The van der Waals surface area contributed by atoms with Crippen LogP contribution in [0.2, 0.25) is 0 Å². The minimum atomic E-state index is -0.722. The Kier molecular flexibility index (Phi) is 6.76. The molecule has 0 unspecified atom stereocenters. The summed E-state index contributed by atoms with van der Waals surface area (Å²) >= 11 is 0. The minimum absolute atomic E-state index is 0.134. The van der Waals surface area contributed by atoms with Gasteiger partial charge in [-0.1, -0.05) is 18.9 Å². The van der Waals surface area contributed by atoms with Crippen LogP contribution in [0.25, 0.3) is 0 Å². The molecule has 0 atom stereocenters. The van der Waals surface area contributed by atoms with Crippen LogP contribution in [-0.2, 0) is 19.1 Å². The molecule has 4 amide bonds. The van der Waals surface area contributed by atoms with E-state index >= 15 is 0 Å². The van der Waals surface area contributed by atoms with E-state index in [1.165, 1.54) is 9.80 Å². The molecule has 2 rings (SSSR count).